The maximum Gasteiger partial charge on any atom is 0.273 e. The van der Waals surface area contributed by atoms with Crippen LogP contribution in [-0.4, -0.2) is 16.1 Å². The van der Waals surface area contributed by atoms with Gasteiger partial charge in [0.05, 0.1) is 5.69 Å². The minimum Gasteiger partial charge on any atom is -0.320 e. The van der Waals surface area contributed by atoms with Gasteiger partial charge in [-0.2, -0.15) is 5.10 Å². The van der Waals surface area contributed by atoms with E-state index in [0.29, 0.717) is 27.7 Å². The number of hydrogen-bond acceptors (Lipinski definition) is 2. The molecule has 0 atom stereocenters. The summed E-state index contributed by atoms with van der Waals surface area (Å²) < 4.78 is 13.1. The predicted molar refractivity (Wildman–Crippen MR) is 88.1 cm³/mol. The average molecular weight is 330 g/mol. The van der Waals surface area contributed by atoms with Gasteiger partial charge in [0.15, 0.2) is 0 Å². The highest BCUT2D eigenvalue weighted by Gasteiger charge is 2.12. The van der Waals surface area contributed by atoms with Crippen LogP contribution in [0.3, 0.4) is 0 Å². The standard InChI is InChI=1S/C17H13ClFN3O/c1-10-7-13(19)5-6-14(10)20-17(23)16-9-15(21-22-16)11-3-2-4-12(18)8-11/h2-9H,1H3,(H,20,23)(H,21,22). The van der Waals surface area contributed by atoms with Crippen molar-refractivity contribution in [3.8, 4) is 11.3 Å². The number of amides is 1. The van der Waals surface area contributed by atoms with Gasteiger partial charge in [0, 0.05) is 16.3 Å². The summed E-state index contributed by atoms with van der Waals surface area (Å²) in [5.74, 6) is -0.689. The van der Waals surface area contributed by atoms with Crippen LogP contribution >= 0.6 is 11.6 Å². The second-order valence-electron chi connectivity index (χ2n) is 5.09. The summed E-state index contributed by atoms with van der Waals surface area (Å²) >= 11 is 5.95. The third kappa shape index (κ3) is 3.40. The number of nitrogens with one attached hydrogen (secondary N) is 2. The number of carbonyl (C=O) groups excluding carboxylic acids is 1. The van der Waals surface area contributed by atoms with E-state index in [9.17, 15) is 9.18 Å². The lowest BCUT2D eigenvalue weighted by Crippen LogP contribution is -2.13. The number of nitrogens with zero attached hydrogens (tertiary/aromatic N) is 1. The Kier molecular flexibility index (Phi) is 4.12. The van der Waals surface area contributed by atoms with Gasteiger partial charge in [-0.3, -0.25) is 9.89 Å². The van der Waals surface area contributed by atoms with E-state index in [1.807, 2.05) is 12.1 Å². The largest absolute Gasteiger partial charge is 0.320 e. The van der Waals surface area contributed by atoms with Gasteiger partial charge in [-0.05, 0) is 48.9 Å². The van der Waals surface area contributed by atoms with Gasteiger partial charge in [-0.15, -0.1) is 0 Å². The predicted octanol–water partition coefficient (Wildman–Crippen LogP) is 4.43. The Morgan fingerprint density at radius 1 is 1.22 bits per heavy atom. The summed E-state index contributed by atoms with van der Waals surface area (Å²) in [7, 11) is 0. The molecule has 4 nitrogen and oxygen atoms in total. The van der Waals surface area contributed by atoms with Crippen LogP contribution in [0.2, 0.25) is 5.02 Å². The van der Waals surface area contributed by atoms with Crippen LogP contribution in [0, 0.1) is 12.7 Å². The van der Waals surface area contributed by atoms with Crippen LogP contribution in [0.5, 0.6) is 0 Å². The van der Waals surface area contributed by atoms with Gasteiger partial charge in [-0.25, -0.2) is 4.39 Å². The Labute approximate surface area is 137 Å². The van der Waals surface area contributed by atoms with E-state index < -0.39 is 0 Å². The lowest BCUT2D eigenvalue weighted by molar-refractivity contribution is 0.102. The summed E-state index contributed by atoms with van der Waals surface area (Å²) in [6, 6.07) is 13.0. The minimum absolute atomic E-state index is 0.309. The summed E-state index contributed by atoms with van der Waals surface area (Å²) in [5.41, 5.74) is 2.94. The van der Waals surface area contributed by atoms with Gasteiger partial charge < -0.3 is 5.32 Å². The van der Waals surface area contributed by atoms with E-state index in [4.69, 9.17) is 11.6 Å². The highest BCUT2D eigenvalue weighted by atomic mass is 35.5. The molecule has 0 aliphatic rings. The molecule has 0 bridgehead atoms. The van der Waals surface area contributed by atoms with E-state index >= 15 is 0 Å². The minimum atomic E-state index is -0.347. The fourth-order valence-electron chi connectivity index (χ4n) is 2.19. The van der Waals surface area contributed by atoms with Crippen molar-refractivity contribution in [3.05, 3.63) is 70.6 Å². The van der Waals surface area contributed by atoms with Crippen molar-refractivity contribution in [2.45, 2.75) is 6.92 Å². The van der Waals surface area contributed by atoms with Crippen molar-refractivity contribution in [1.82, 2.24) is 10.2 Å². The molecule has 1 amide bonds. The van der Waals surface area contributed by atoms with E-state index in [2.05, 4.69) is 15.5 Å². The molecular formula is C17H13ClFN3O. The second kappa shape index (κ2) is 6.22. The molecular weight excluding hydrogens is 317 g/mol. The summed E-state index contributed by atoms with van der Waals surface area (Å²) in [6.45, 7) is 1.73. The van der Waals surface area contributed by atoms with Crippen LogP contribution in [0.4, 0.5) is 10.1 Å². The lowest BCUT2D eigenvalue weighted by Gasteiger charge is -2.06. The number of halogens is 2. The van der Waals surface area contributed by atoms with Crippen LogP contribution in [0.25, 0.3) is 11.3 Å². The monoisotopic (exact) mass is 329 g/mol. The zero-order chi connectivity index (χ0) is 16.4. The van der Waals surface area contributed by atoms with Gasteiger partial charge in [-0.1, -0.05) is 23.7 Å². The molecule has 6 heteroatoms. The maximum absolute atomic E-state index is 13.1. The third-order valence-corrected chi connectivity index (χ3v) is 3.61. The van der Waals surface area contributed by atoms with Crippen molar-refractivity contribution in [3.63, 3.8) is 0 Å². The summed E-state index contributed by atoms with van der Waals surface area (Å²) in [6.07, 6.45) is 0. The molecule has 0 saturated heterocycles. The molecule has 0 fully saturated rings. The molecule has 3 aromatic rings. The van der Waals surface area contributed by atoms with Crippen LogP contribution in [-0.2, 0) is 0 Å². The molecule has 0 spiro atoms. The molecule has 0 saturated carbocycles. The molecule has 23 heavy (non-hydrogen) atoms. The molecule has 0 unspecified atom stereocenters. The number of hydrogen-bond donors (Lipinski definition) is 2. The highest BCUT2D eigenvalue weighted by Crippen LogP contribution is 2.22. The van der Waals surface area contributed by atoms with Crippen molar-refractivity contribution < 1.29 is 9.18 Å². The maximum atomic E-state index is 13.1. The van der Waals surface area contributed by atoms with Crippen molar-refractivity contribution in [1.29, 1.82) is 0 Å². The molecule has 1 heterocycles. The van der Waals surface area contributed by atoms with Crippen molar-refractivity contribution in [2.24, 2.45) is 0 Å². The fourth-order valence-corrected chi connectivity index (χ4v) is 2.38. The molecule has 0 radical (unpaired) electrons. The molecule has 3 rings (SSSR count). The molecule has 1 aromatic heterocycles. The number of aromatic amines is 1. The zero-order valence-corrected chi connectivity index (χ0v) is 13.0. The first-order valence-electron chi connectivity index (χ1n) is 6.92. The zero-order valence-electron chi connectivity index (χ0n) is 12.2. The first kappa shape index (κ1) is 15.2. The first-order chi connectivity index (χ1) is 11.0. The third-order valence-electron chi connectivity index (χ3n) is 3.38. The average Bonchev–Trinajstić information content (AvgIpc) is 3.00. The molecule has 2 N–H and O–H groups in total. The molecule has 0 aliphatic carbocycles. The van der Waals surface area contributed by atoms with E-state index in [-0.39, 0.29) is 11.7 Å². The van der Waals surface area contributed by atoms with Crippen LogP contribution < -0.4 is 5.32 Å². The molecule has 116 valence electrons. The van der Waals surface area contributed by atoms with E-state index in [0.717, 1.165) is 5.56 Å². The topological polar surface area (TPSA) is 57.8 Å². The van der Waals surface area contributed by atoms with Crippen LogP contribution in [0.1, 0.15) is 16.1 Å². The fraction of sp³-hybridized carbons (Fsp3) is 0.0588. The number of carbonyl (C=O) groups is 1. The van der Waals surface area contributed by atoms with Crippen molar-refractivity contribution in [2.75, 3.05) is 5.32 Å². The number of anilines is 1. The normalized spacial score (nSPS) is 10.6. The lowest BCUT2D eigenvalue weighted by atomic mass is 10.1. The quantitative estimate of drug-likeness (QED) is 0.746. The Balaban J connectivity index is 1.81. The van der Waals surface area contributed by atoms with E-state index in [1.165, 1.54) is 18.2 Å². The summed E-state index contributed by atoms with van der Waals surface area (Å²) in [5, 5.41) is 10.1. The number of benzene rings is 2. The van der Waals surface area contributed by atoms with Gasteiger partial charge in [0.2, 0.25) is 0 Å². The Hall–Kier alpha value is -2.66. The number of H-pyrrole nitrogens is 1. The highest BCUT2D eigenvalue weighted by molar-refractivity contribution is 6.30. The SMILES string of the molecule is Cc1cc(F)ccc1NC(=O)c1cc(-c2cccc(Cl)c2)n[nH]1. The Morgan fingerprint density at radius 3 is 2.78 bits per heavy atom. The Morgan fingerprint density at radius 2 is 2.04 bits per heavy atom. The van der Waals surface area contributed by atoms with Gasteiger partial charge in [0.1, 0.15) is 11.5 Å². The second-order valence-corrected chi connectivity index (χ2v) is 5.53. The smallest absolute Gasteiger partial charge is 0.273 e. The summed E-state index contributed by atoms with van der Waals surface area (Å²) in [4.78, 5) is 12.3. The number of aryl methyl sites for hydroxylation is 1. The molecule has 2 aromatic carbocycles. The van der Waals surface area contributed by atoms with Crippen LogP contribution in [0.15, 0.2) is 48.5 Å². The van der Waals surface area contributed by atoms with Gasteiger partial charge in [0.25, 0.3) is 5.91 Å². The number of rotatable bonds is 3. The first-order valence-corrected chi connectivity index (χ1v) is 7.29. The number of aromatic nitrogens is 2. The van der Waals surface area contributed by atoms with Gasteiger partial charge >= 0.3 is 0 Å². The molecule has 0 aliphatic heterocycles. The van der Waals surface area contributed by atoms with Crippen molar-refractivity contribution >= 4 is 23.2 Å². The Bertz CT molecular complexity index is 876. The van der Waals surface area contributed by atoms with E-state index in [1.54, 1.807) is 25.1 Å².